The highest BCUT2D eigenvalue weighted by Crippen LogP contribution is 2.11. The van der Waals surface area contributed by atoms with Gasteiger partial charge in [0.2, 0.25) is 0 Å². The van der Waals surface area contributed by atoms with Crippen molar-refractivity contribution in [2.75, 3.05) is 19.0 Å². The largest absolute Gasteiger partial charge is 0.378 e. The first-order chi connectivity index (χ1) is 8.00. The van der Waals surface area contributed by atoms with Gasteiger partial charge >= 0.3 is 0 Å². The van der Waals surface area contributed by atoms with Crippen molar-refractivity contribution in [3.05, 3.63) is 29.8 Å². The average molecular weight is 233 g/mol. The van der Waals surface area contributed by atoms with Gasteiger partial charge in [0, 0.05) is 25.5 Å². The molecule has 0 bridgehead atoms. The van der Waals surface area contributed by atoms with Crippen molar-refractivity contribution < 1.29 is 0 Å². The maximum absolute atomic E-state index is 4.33. The van der Waals surface area contributed by atoms with E-state index in [2.05, 4.69) is 53.5 Å². The Morgan fingerprint density at radius 1 is 1.24 bits per heavy atom. The highest BCUT2D eigenvalue weighted by molar-refractivity contribution is 5.83. The van der Waals surface area contributed by atoms with Crippen LogP contribution in [-0.2, 0) is 6.54 Å². The van der Waals surface area contributed by atoms with Gasteiger partial charge in [-0.1, -0.05) is 26.0 Å². The Morgan fingerprint density at radius 2 is 1.82 bits per heavy atom. The topological polar surface area (TPSA) is 27.6 Å². The second-order valence-corrected chi connectivity index (χ2v) is 4.80. The number of anilines is 1. The van der Waals surface area contributed by atoms with Gasteiger partial charge in [-0.05, 0) is 30.5 Å². The van der Waals surface area contributed by atoms with E-state index >= 15 is 0 Å². The van der Waals surface area contributed by atoms with E-state index < -0.39 is 0 Å². The van der Waals surface area contributed by atoms with E-state index in [0.29, 0.717) is 5.92 Å². The lowest BCUT2D eigenvalue weighted by atomic mass is 10.1. The van der Waals surface area contributed by atoms with E-state index in [0.717, 1.165) is 12.3 Å². The first kappa shape index (κ1) is 13.6. The van der Waals surface area contributed by atoms with Crippen LogP contribution in [0.15, 0.2) is 29.4 Å². The number of hydrogen-bond acceptors (Lipinski definition) is 3. The molecule has 3 nitrogen and oxygen atoms in total. The molecule has 0 aliphatic heterocycles. The predicted octanol–water partition coefficient (Wildman–Crippen LogP) is 2.87. The fraction of sp³-hybridized carbons (Fsp3) is 0.500. The minimum absolute atomic E-state index is 0.499. The molecule has 0 amide bonds. The van der Waals surface area contributed by atoms with Crippen LogP contribution in [0.25, 0.3) is 0 Å². The zero-order valence-corrected chi connectivity index (χ0v) is 11.5. The molecule has 0 aliphatic rings. The average Bonchev–Trinajstić information content (AvgIpc) is 2.29. The lowest BCUT2D eigenvalue weighted by Gasteiger charge is -2.12. The van der Waals surface area contributed by atoms with Crippen LogP contribution in [0, 0.1) is 5.92 Å². The molecule has 0 spiro atoms. The van der Waals surface area contributed by atoms with Crippen molar-refractivity contribution in [3.8, 4) is 0 Å². The van der Waals surface area contributed by atoms with Gasteiger partial charge in [-0.2, -0.15) is 5.10 Å². The van der Waals surface area contributed by atoms with Crippen LogP contribution in [0.2, 0.25) is 0 Å². The van der Waals surface area contributed by atoms with Crippen LogP contribution in [0.3, 0.4) is 0 Å². The van der Waals surface area contributed by atoms with Crippen molar-refractivity contribution in [2.45, 2.75) is 27.3 Å². The third kappa shape index (κ3) is 4.47. The fourth-order valence-corrected chi connectivity index (χ4v) is 1.30. The minimum atomic E-state index is 0.499. The maximum Gasteiger partial charge on any atom is 0.0580 e. The molecule has 1 N–H and O–H groups in total. The summed E-state index contributed by atoms with van der Waals surface area (Å²) in [5.74, 6) is 0.499. The Morgan fingerprint density at radius 3 is 2.29 bits per heavy atom. The van der Waals surface area contributed by atoms with Gasteiger partial charge in [-0.3, -0.25) is 0 Å². The third-order valence-electron chi connectivity index (χ3n) is 2.83. The smallest absolute Gasteiger partial charge is 0.0580 e. The Bertz CT molecular complexity index is 364. The molecule has 1 aromatic rings. The summed E-state index contributed by atoms with van der Waals surface area (Å²) >= 11 is 0. The Balaban J connectivity index is 2.50. The lowest BCUT2D eigenvalue weighted by molar-refractivity contribution is 0.724. The first-order valence-corrected chi connectivity index (χ1v) is 6.04. The minimum Gasteiger partial charge on any atom is -0.378 e. The molecular weight excluding hydrogens is 210 g/mol. The van der Waals surface area contributed by atoms with E-state index in [-0.39, 0.29) is 0 Å². The lowest BCUT2D eigenvalue weighted by Crippen LogP contribution is -2.12. The Kier molecular flexibility index (Phi) is 5.01. The number of nitrogens with zero attached hydrogens (tertiary/aromatic N) is 2. The second-order valence-electron chi connectivity index (χ2n) is 4.80. The predicted molar refractivity (Wildman–Crippen MR) is 75.6 cm³/mol. The van der Waals surface area contributed by atoms with E-state index in [4.69, 9.17) is 0 Å². The highest BCUT2D eigenvalue weighted by Gasteiger charge is 1.98. The summed E-state index contributed by atoms with van der Waals surface area (Å²) in [6, 6.07) is 8.50. The Hall–Kier alpha value is -1.51. The quantitative estimate of drug-likeness (QED) is 0.625. The molecule has 94 valence electrons. The first-order valence-electron chi connectivity index (χ1n) is 6.04. The van der Waals surface area contributed by atoms with Crippen LogP contribution in [0.1, 0.15) is 26.3 Å². The van der Waals surface area contributed by atoms with Crippen LogP contribution >= 0.6 is 0 Å². The van der Waals surface area contributed by atoms with Crippen molar-refractivity contribution in [1.29, 1.82) is 0 Å². The van der Waals surface area contributed by atoms with Gasteiger partial charge in [0.05, 0.1) is 6.54 Å². The number of rotatable bonds is 5. The summed E-state index contributed by atoms with van der Waals surface area (Å²) in [7, 11) is 4.09. The van der Waals surface area contributed by atoms with E-state index in [1.165, 1.54) is 11.3 Å². The van der Waals surface area contributed by atoms with Gasteiger partial charge in [-0.25, -0.2) is 0 Å². The molecule has 0 heterocycles. The molecule has 0 atom stereocenters. The molecule has 1 rings (SSSR count). The van der Waals surface area contributed by atoms with Crippen molar-refractivity contribution in [2.24, 2.45) is 11.0 Å². The fourth-order valence-electron chi connectivity index (χ4n) is 1.30. The van der Waals surface area contributed by atoms with E-state index in [9.17, 15) is 0 Å². The molecular formula is C14H23N3. The van der Waals surface area contributed by atoms with Crippen molar-refractivity contribution >= 4 is 11.4 Å². The van der Waals surface area contributed by atoms with E-state index in [1.54, 1.807) is 0 Å². The molecule has 0 aromatic heterocycles. The maximum atomic E-state index is 4.33. The molecule has 0 radical (unpaired) electrons. The monoisotopic (exact) mass is 233 g/mol. The number of hydrogen-bond donors (Lipinski definition) is 1. The molecule has 0 saturated heterocycles. The number of benzene rings is 1. The Labute approximate surface area is 105 Å². The van der Waals surface area contributed by atoms with Gasteiger partial charge in [-0.15, -0.1) is 0 Å². The normalized spacial score (nSPS) is 11.8. The molecule has 0 fully saturated rings. The summed E-state index contributed by atoms with van der Waals surface area (Å²) < 4.78 is 0. The third-order valence-corrected chi connectivity index (χ3v) is 2.83. The summed E-state index contributed by atoms with van der Waals surface area (Å²) in [6.45, 7) is 7.11. The molecule has 3 heteroatoms. The zero-order chi connectivity index (χ0) is 12.8. The summed E-state index contributed by atoms with van der Waals surface area (Å²) in [5, 5.41) is 4.33. The van der Waals surface area contributed by atoms with Crippen LogP contribution in [0.4, 0.5) is 5.69 Å². The molecule has 0 saturated carbocycles. The molecule has 0 unspecified atom stereocenters. The second kappa shape index (κ2) is 6.28. The van der Waals surface area contributed by atoms with Gasteiger partial charge in [0.25, 0.3) is 0 Å². The van der Waals surface area contributed by atoms with Crippen LogP contribution < -0.4 is 10.3 Å². The van der Waals surface area contributed by atoms with Gasteiger partial charge < -0.3 is 10.3 Å². The summed E-state index contributed by atoms with van der Waals surface area (Å²) in [5.41, 5.74) is 6.70. The van der Waals surface area contributed by atoms with Crippen molar-refractivity contribution in [3.63, 3.8) is 0 Å². The molecule has 0 aliphatic carbocycles. The van der Waals surface area contributed by atoms with Crippen LogP contribution in [-0.4, -0.2) is 19.8 Å². The summed E-state index contributed by atoms with van der Waals surface area (Å²) in [4.78, 5) is 2.10. The van der Waals surface area contributed by atoms with Gasteiger partial charge in [0.15, 0.2) is 0 Å². The zero-order valence-electron chi connectivity index (χ0n) is 11.5. The summed E-state index contributed by atoms with van der Waals surface area (Å²) in [6.07, 6.45) is 0. The van der Waals surface area contributed by atoms with Crippen molar-refractivity contribution in [1.82, 2.24) is 5.43 Å². The van der Waals surface area contributed by atoms with Crippen LogP contribution in [0.5, 0.6) is 0 Å². The molecule has 17 heavy (non-hydrogen) atoms. The number of hydrazone groups is 1. The standard InChI is InChI=1S/C14H23N3/c1-11(2)12(3)16-15-10-13-6-8-14(9-7-13)17(4)5/h6-9,11,15H,10H2,1-5H3. The SMILES string of the molecule is CC(=NNCc1ccc(N(C)C)cc1)C(C)C. The van der Waals surface area contributed by atoms with Gasteiger partial charge in [0.1, 0.15) is 0 Å². The number of nitrogens with one attached hydrogen (secondary N) is 1. The molecule has 1 aromatic carbocycles. The van der Waals surface area contributed by atoms with E-state index in [1.807, 2.05) is 21.0 Å². The highest BCUT2D eigenvalue weighted by atomic mass is 15.3.